The summed E-state index contributed by atoms with van der Waals surface area (Å²) in [5, 5.41) is 80.6. The van der Waals surface area contributed by atoms with E-state index in [9.17, 15) is 30.6 Å². The molecule has 17 nitrogen and oxygen atoms in total. The molecular formula is C26H34N10O7S. The second kappa shape index (κ2) is 14.1. The molecule has 4 aromatic heterocycles. The summed E-state index contributed by atoms with van der Waals surface area (Å²) in [4.78, 5) is 15.9. The lowest BCUT2D eigenvalue weighted by Crippen LogP contribution is -2.55. The largest absolute Gasteiger partial charge is 0.396 e. The van der Waals surface area contributed by atoms with E-state index in [-0.39, 0.29) is 6.61 Å². The van der Waals surface area contributed by atoms with Gasteiger partial charge in [-0.05, 0) is 0 Å². The zero-order valence-electron chi connectivity index (χ0n) is 23.8. The Labute approximate surface area is 255 Å². The van der Waals surface area contributed by atoms with Crippen LogP contribution >= 0.6 is 11.8 Å². The molecule has 0 radical (unpaired) electrons. The third-order valence-electron chi connectivity index (χ3n) is 7.59. The Morgan fingerprint density at radius 1 is 0.841 bits per heavy atom. The van der Waals surface area contributed by atoms with E-state index >= 15 is 0 Å². The first kappa shape index (κ1) is 31.9. The lowest BCUT2D eigenvalue weighted by Gasteiger charge is -2.43. The predicted octanol–water partition coefficient (Wildman–Crippen LogP) is -1.52. The Kier molecular flexibility index (Phi) is 10.2. The molecule has 4 aromatic rings. The van der Waals surface area contributed by atoms with E-state index in [2.05, 4.69) is 40.6 Å². The minimum atomic E-state index is -1.36. The Hall–Kier alpha value is -3.49. The second-order valence-electron chi connectivity index (χ2n) is 10.6. The zero-order chi connectivity index (χ0) is 31.4. The van der Waals surface area contributed by atoms with Crippen molar-refractivity contribution in [2.75, 3.05) is 13.2 Å². The van der Waals surface area contributed by atoms with Crippen LogP contribution in [0.1, 0.15) is 25.9 Å². The highest BCUT2D eigenvalue weighted by molar-refractivity contribution is 8.00. The zero-order valence-corrected chi connectivity index (χ0v) is 24.6. The summed E-state index contributed by atoms with van der Waals surface area (Å²) in [6.45, 7) is 2.41. The summed E-state index contributed by atoms with van der Waals surface area (Å²) in [5.41, 5.74) is 0.935. The van der Waals surface area contributed by atoms with Gasteiger partial charge in [0.15, 0.2) is 0 Å². The van der Waals surface area contributed by atoms with Crippen LogP contribution < -0.4 is 0 Å². The van der Waals surface area contributed by atoms with Crippen LogP contribution in [0.15, 0.2) is 49.8 Å². The smallest absolute Gasteiger partial charge is 0.132 e. The highest BCUT2D eigenvalue weighted by Gasteiger charge is 2.48. The fraction of sp³-hybridized carbons (Fsp3) is 0.538. The first-order chi connectivity index (χ1) is 21.2. The molecule has 5 unspecified atom stereocenters. The van der Waals surface area contributed by atoms with Crippen molar-refractivity contribution in [3.63, 3.8) is 0 Å². The van der Waals surface area contributed by atoms with Gasteiger partial charge in [-0.25, -0.2) is 29.3 Å². The van der Waals surface area contributed by atoms with Crippen molar-refractivity contribution in [2.45, 2.75) is 67.1 Å². The minimum absolute atomic E-state index is 0.350. The fourth-order valence-corrected chi connectivity index (χ4v) is 6.27. The number of aromatic nitrogens is 10. The van der Waals surface area contributed by atoms with Crippen LogP contribution in [0.5, 0.6) is 0 Å². The van der Waals surface area contributed by atoms with Gasteiger partial charge in [-0.15, -0.1) is 22.0 Å². The third-order valence-corrected chi connectivity index (χ3v) is 8.96. The Bertz CT molecular complexity index is 1470. The number of thioether (sulfide) groups is 1. The molecule has 0 aromatic carbocycles. The summed E-state index contributed by atoms with van der Waals surface area (Å²) >= 11 is 1.04. The van der Waals surface area contributed by atoms with E-state index < -0.39 is 65.8 Å². The van der Waals surface area contributed by atoms with Crippen molar-refractivity contribution in [1.82, 2.24) is 49.9 Å². The Balaban J connectivity index is 1.38. The van der Waals surface area contributed by atoms with E-state index in [1.54, 1.807) is 38.6 Å². The molecule has 0 spiro atoms. The summed E-state index contributed by atoms with van der Waals surface area (Å²) in [6.07, 6.45) is 5.68. The predicted molar refractivity (Wildman–Crippen MR) is 153 cm³/mol. The highest BCUT2D eigenvalue weighted by Crippen LogP contribution is 2.39. The van der Waals surface area contributed by atoms with Crippen LogP contribution in [-0.2, 0) is 4.74 Å². The van der Waals surface area contributed by atoms with Gasteiger partial charge in [0, 0.05) is 53.7 Å². The first-order valence-electron chi connectivity index (χ1n) is 13.8. The second-order valence-corrected chi connectivity index (χ2v) is 12.1. The molecule has 5 heterocycles. The quantitative estimate of drug-likeness (QED) is 0.104. The molecule has 1 aliphatic heterocycles. The van der Waals surface area contributed by atoms with Crippen LogP contribution in [0.4, 0.5) is 0 Å². The number of rotatable bonds is 12. The first-order valence-corrected chi connectivity index (χ1v) is 14.8. The average Bonchev–Trinajstić information content (AvgIpc) is 3.74. The Morgan fingerprint density at radius 3 is 2.02 bits per heavy atom. The number of aliphatic hydroxyl groups is 6. The van der Waals surface area contributed by atoms with Crippen molar-refractivity contribution < 1.29 is 35.4 Å². The maximum Gasteiger partial charge on any atom is 0.132 e. The van der Waals surface area contributed by atoms with Crippen LogP contribution in [0.25, 0.3) is 22.5 Å². The molecule has 44 heavy (non-hydrogen) atoms. The topological polar surface area (TPSA) is 244 Å². The molecule has 0 aliphatic carbocycles. The van der Waals surface area contributed by atoms with E-state index in [0.717, 1.165) is 11.8 Å². The molecule has 0 amide bonds. The molecule has 0 bridgehead atoms. The molecule has 1 saturated heterocycles. The monoisotopic (exact) mass is 630 g/mol. The summed E-state index contributed by atoms with van der Waals surface area (Å²) < 4.78 is 8.50. The number of ether oxygens (including phenoxy) is 1. The summed E-state index contributed by atoms with van der Waals surface area (Å²) in [5.74, 6) is -0.633. The van der Waals surface area contributed by atoms with Gasteiger partial charge in [0.05, 0.1) is 31.2 Å². The molecule has 18 heteroatoms. The normalized spacial score (nSPS) is 25.7. The molecule has 1 aliphatic rings. The summed E-state index contributed by atoms with van der Waals surface area (Å²) in [7, 11) is 0. The van der Waals surface area contributed by atoms with Crippen LogP contribution in [-0.4, -0.2) is 135 Å². The van der Waals surface area contributed by atoms with E-state index in [1.807, 2.05) is 0 Å². The molecule has 1 fully saturated rings. The van der Waals surface area contributed by atoms with Crippen molar-refractivity contribution in [3.8, 4) is 22.5 Å². The number of aliphatic hydroxyl groups excluding tert-OH is 6. The van der Waals surface area contributed by atoms with Gasteiger partial charge in [0.2, 0.25) is 0 Å². The Morgan fingerprint density at radius 2 is 1.43 bits per heavy atom. The van der Waals surface area contributed by atoms with Gasteiger partial charge in [-0.3, -0.25) is 0 Å². The number of hydrogen-bond acceptors (Lipinski definition) is 16. The van der Waals surface area contributed by atoms with Gasteiger partial charge in [0.25, 0.3) is 0 Å². The standard InChI is InChI=1S/C26H34N10O7S/c1-13(9-37)22(39)20(35-7-17(31-33-35)15-3-27-11-28-4-15)23(40)14(2)44-26-25(42)21(24(41)19(10-38)43-26)36-8-18(32-34-36)16-5-29-12-30-6-16/h3-8,11-14,19-26,37-42H,9-10H2,1-2H3/t13-,14?,19?,20?,21?,22?,23+,24+,25+,26+/m1/s1. The van der Waals surface area contributed by atoms with Crippen molar-refractivity contribution in [2.24, 2.45) is 5.92 Å². The molecule has 10 atom stereocenters. The fourth-order valence-electron chi connectivity index (χ4n) is 4.99. The average molecular weight is 631 g/mol. The lowest BCUT2D eigenvalue weighted by atomic mass is 9.93. The molecule has 5 rings (SSSR count). The lowest BCUT2D eigenvalue weighted by molar-refractivity contribution is -0.178. The third kappa shape index (κ3) is 6.61. The van der Waals surface area contributed by atoms with Gasteiger partial charge >= 0.3 is 0 Å². The van der Waals surface area contributed by atoms with Crippen molar-refractivity contribution in [3.05, 3.63) is 49.8 Å². The van der Waals surface area contributed by atoms with Gasteiger partial charge in [-0.2, -0.15) is 0 Å². The van der Waals surface area contributed by atoms with Crippen molar-refractivity contribution in [1.29, 1.82) is 0 Å². The van der Waals surface area contributed by atoms with Crippen LogP contribution in [0.2, 0.25) is 0 Å². The van der Waals surface area contributed by atoms with Crippen molar-refractivity contribution >= 4 is 11.8 Å². The van der Waals surface area contributed by atoms with E-state index in [0.29, 0.717) is 22.5 Å². The summed E-state index contributed by atoms with van der Waals surface area (Å²) in [6, 6.07) is -2.12. The van der Waals surface area contributed by atoms with Gasteiger partial charge in [-0.1, -0.05) is 24.3 Å². The highest BCUT2D eigenvalue weighted by atomic mass is 32.2. The minimum Gasteiger partial charge on any atom is -0.396 e. The molecule has 236 valence electrons. The molecule has 6 N–H and O–H groups in total. The number of nitrogens with zero attached hydrogens (tertiary/aromatic N) is 10. The maximum atomic E-state index is 11.6. The van der Waals surface area contributed by atoms with Gasteiger partial charge in [0.1, 0.15) is 59.9 Å². The number of hydrogen-bond donors (Lipinski definition) is 6. The van der Waals surface area contributed by atoms with E-state index in [1.165, 1.54) is 34.4 Å². The van der Waals surface area contributed by atoms with Crippen LogP contribution in [0.3, 0.4) is 0 Å². The molecular weight excluding hydrogens is 596 g/mol. The molecule has 0 saturated carbocycles. The SMILES string of the molecule is CC(S[C@@H]1OC(CO)[C@H](O)C(n2cc(-c3cncnc3)nn2)[C@@H]1O)[C@H](O)C(C(O)[C@H](C)CO)n1cc(-c2cncnc2)nn1. The van der Waals surface area contributed by atoms with Gasteiger partial charge < -0.3 is 35.4 Å². The van der Waals surface area contributed by atoms with Crippen LogP contribution in [0, 0.1) is 5.92 Å². The van der Waals surface area contributed by atoms with E-state index in [4.69, 9.17) is 4.74 Å². The maximum absolute atomic E-state index is 11.6.